The Bertz CT molecular complexity index is 877. The minimum Gasteiger partial charge on any atom is -0.487 e. The maximum Gasteiger partial charge on any atom is 0.145 e. The average Bonchev–Trinajstić information content (AvgIpc) is 3.44. The molecule has 0 aliphatic heterocycles. The number of aromatic nitrogens is 1. The van der Waals surface area contributed by atoms with Crippen LogP contribution < -0.4 is 4.74 Å². The van der Waals surface area contributed by atoms with Crippen LogP contribution in [0.3, 0.4) is 0 Å². The Morgan fingerprint density at radius 3 is 2.31 bits per heavy atom. The number of ether oxygens (including phenoxy) is 2. The highest BCUT2D eigenvalue weighted by Gasteiger charge is 2.42. The zero-order valence-electron chi connectivity index (χ0n) is 17.3. The third kappa shape index (κ3) is 3.73. The van der Waals surface area contributed by atoms with E-state index in [9.17, 15) is 4.79 Å². The zero-order chi connectivity index (χ0) is 20.0. The molecule has 1 heterocycles. The second-order valence-corrected chi connectivity index (χ2v) is 9.03. The highest BCUT2D eigenvalue weighted by molar-refractivity contribution is 5.86. The van der Waals surface area contributed by atoms with Crippen LogP contribution in [0.4, 0.5) is 0 Å². The Morgan fingerprint density at radius 1 is 1.00 bits per heavy atom. The molecule has 2 aromatic rings. The second-order valence-electron chi connectivity index (χ2n) is 9.03. The molecule has 3 atom stereocenters. The van der Waals surface area contributed by atoms with Gasteiger partial charge in [-0.05, 0) is 63.5 Å². The van der Waals surface area contributed by atoms with Gasteiger partial charge in [-0.15, -0.1) is 0 Å². The molecule has 3 fully saturated rings. The van der Waals surface area contributed by atoms with Gasteiger partial charge in [0.2, 0.25) is 0 Å². The van der Waals surface area contributed by atoms with Crippen LogP contribution in [-0.2, 0) is 22.7 Å². The minimum absolute atomic E-state index is 0.166. The summed E-state index contributed by atoms with van der Waals surface area (Å²) in [5.74, 6) is 3.26. The lowest BCUT2D eigenvalue weighted by Gasteiger charge is -2.26. The summed E-state index contributed by atoms with van der Waals surface area (Å²) in [6, 6.07) is 6.16. The van der Waals surface area contributed by atoms with Crippen LogP contribution in [0, 0.1) is 25.7 Å². The number of Topliss-reactive ketones (excluding diaryl/α,β-unsaturated/α-hetero) is 1. The van der Waals surface area contributed by atoms with Crippen molar-refractivity contribution in [2.75, 3.05) is 0 Å². The number of hydrogen-bond donors (Lipinski definition) is 0. The number of hydrogen-bond acceptors (Lipinski definition) is 5. The van der Waals surface area contributed by atoms with Gasteiger partial charge in [0.1, 0.15) is 29.6 Å². The van der Waals surface area contributed by atoms with Gasteiger partial charge in [-0.3, -0.25) is 4.79 Å². The molecule has 2 bridgehead atoms. The van der Waals surface area contributed by atoms with E-state index in [0.717, 1.165) is 72.4 Å². The summed E-state index contributed by atoms with van der Waals surface area (Å²) in [4.78, 5) is 12.1. The van der Waals surface area contributed by atoms with Gasteiger partial charge >= 0.3 is 0 Å². The Balaban J connectivity index is 1.29. The predicted octanol–water partition coefficient (Wildman–Crippen LogP) is 5.02. The highest BCUT2D eigenvalue weighted by Crippen LogP contribution is 2.44. The summed E-state index contributed by atoms with van der Waals surface area (Å²) in [7, 11) is 0. The fourth-order valence-corrected chi connectivity index (χ4v) is 5.01. The molecular weight excluding hydrogens is 366 g/mol. The van der Waals surface area contributed by atoms with Gasteiger partial charge in [0.25, 0.3) is 0 Å². The molecule has 0 radical (unpaired) electrons. The first-order valence-electron chi connectivity index (χ1n) is 10.9. The maximum absolute atomic E-state index is 12.1. The third-order valence-electron chi connectivity index (χ3n) is 6.84. The molecule has 3 aliphatic rings. The smallest absolute Gasteiger partial charge is 0.145 e. The first kappa shape index (κ1) is 18.9. The molecule has 5 nitrogen and oxygen atoms in total. The molecule has 0 amide bonds. The quantitative estimate of drug-likeness (QED) is 0.658. The van der Waals surface area contributed by atoms with Gasteiger partial charge in [0, 0.05) is 23.3 Å². The summed E-state index contributed by atoms with van der Waals surface area (Å²) in [6.45, 7) is 5.00. The summed E-state index contributed by atoms with van der Waals surface area (Å²) in [5, 5.41) is 4.34. The van der Waals surface area contributed by atoms with Gasteiger partial charge in [-0.1, -0.05) is 23.4 Å². The lowest BCUT2D eigenvalue weighted by Crippen LogP contribution is -2.31. The topological polar surface area (TPSA) is 61.6 Å². The van der Waals surface area contributed by atoms with Crippen molar-refractivity contribution >= 4 is 5.78 Å². The molecule has 1 aromatic heterocycles. The third-order valence-corrected chi connectivity index (χ3v) is 6.84. The first-order valence-corrected chi connectivity index (χ1v) is 10.9. The van der Waals surface area contributed by atoms with Crippen molar-refractivity contribution in [2.24, 2.45) is 11.8 Å². The van der Waals surface area contributed by atoms with Crippen molar-refractivity contribution in [2.45, 2.75) is 77.6 Å². The van der Waals surface area contributed by atoms with Crippen molar-refractivity contribution < 1.29 is 18.8 Å². The van der Waals surface area contributed by atoms with Crippen molar-refractivity contribution in [3.8, 4) is 5.75 Å². The van der Waals surface area contributed by atoms with Gasteiger partial charge in [-0.2, -0.15) is 0 Å². The SMILES string of the molecule is Cc1cccc(C)c1OCc1noc(C2CC2)c1CO[C@H]1C[C@H]2CC[C@@H](C1)C2=O. The Kier molecular flexibility index (Phi) is 4.94. The standard InChI is InChI=1S/C24H29NO4/c1-14-4-3-5-15(2)23(14)28-13-21-20(24(29-25-21)16-6-7-16)12-27-19-10-17-8-9-18(11-19)22(17)26/h3-5,16-19H,6-13H2,1-2H3/t17-,18+,19+. The van der Waals surface area contributed by atoms with Crippen molar-refractivity contribution in [3.05, 3.63) is 46.3 Å². The van der Waals surface area contributed by atoms with E-state index in [1.807, 2.05) is 6.07 Å². The Labute approximate surface area is 171 Å². The van der Waals surface area contributed by atoms with Crippen LogP contribution in [0.1, 0.15) is 72.6 Å². The van der Waals surface area contributed by atoms with E-state index in [0.29, 0.717) is 24.9 Å². The second kappa shape index (κ2) is 7.60. The van der Waals surface area contributed by atoms with Gasteiger partial charge < -0.3 is 14.0 Å². The van der Waals surface area contributed by atoms with Crippen LogP contribution >= 0.6 is 0 Å². The van der Waals surface area contributed by atoms with Gasteiger partial charge in [0.15, 0.2) is 0 Å². The van der Waals surface area contributed by atoms with Crippen molar-refractivity contribution in [3.63, 3.8) is 0 Å². The number of para-hydroxylation sites is 1. The average molecular weight is 395 g/mol. The van der Waals surface area contributed by atoms with Crippen LogP contribution in [0.15, 0.2) is 22.7 Å². The van der Waals surface area contributed by atoms with Crippen molar-refractivity contribution in [1.82, 2.24) is 5.16 Å². The number of fused-ring (bicyclic) bond motifs is 2. The van der Waals surface area contributed by atoms with Gasteiger partial charge in [0.05, 0.1) is 12.7 Å². The predicted molar refractivity (Wildman–Crippen MR) is 108 cm³/mol. The van der Waals surface area contributed by atoms with Crippen LogP contribution in [0.2, 0.25) is 0 Å². The molecule has 154 valence electrons. The molecule has 3 saturated carbocycles. The molecule has 0 saturated heterocycles. The van der Waals surface area contributed by atoms with E-state index in [2.05, 4.69) is 31.1 Å². The minimum atomic E-state index is 0.166. The number of carbonyl (C=O) groups excluding carboxylic acids is 1. The van der Waals surface area contributed by atoms with Crippen LogP contribution in [0.5, 0.6) is 5.75 Å². The Morgan fingerprint density at radius 2 is 1.66 bits per heavy atom. The fraction of sp³-hybridized carbons (Fsp3) is 0.583. The van der Waals surface area contributed by atoms with Gasteiger partial charge in [-0.25, -0.2) is 0 Å². The van der Waals surface area contributed by atoms with E-state index < -0.39 is 0 Å². The summed E-state index contributed by atoms with van der Waals surface area (Å²) in [5.41, 5.74) is 4.14. The highest BCUT2D eigenvalue weighted by atomic mass is 16.5. The van der Waals surface area contributed by atoms with E-state index in [1.165, 1.54) is 0 Å². The molecule has 5 heteroatoms. The first-order chi connectivity index (χ1) is 14.1. The molecule has 0 spiro atoms. The molecule has 5 rings (SSSR count). The number of carbonyl (C=O) groups is 1. The maximum atomic E-state index is 12.1. The molecule has 3 aliphatic carbocycles. The molecule has 0 unspecified atom stereocenters. The summed E-state index contributed by atoms with van der Waals surface area (Å²) >= 11 is 0. The number of rotatable bonds is 7. The molecule has 0 N–H and O–H groups in total. The summed E-state index contributed by atoms with van der Waals surface area (Å²) in [6.07, 6.45) is 6.29. The molecule has 1 aromatic carbocycles. The molecule has 29 heavy (non-hydrogen) atoms. The number of ketones is 1. The van der Waals surface area contributed by atoms with E-state index >= 15 is 0 Å². The lowest BCUT2D eigenvalue weighted by atomic mass is 9.86. The van der Waals surface area contributed by atoms with E-state index in [1.54, 1.807) is 0 Å². The largest absolute Gasteiger partial charge is 0.487 e. The fourth-order valence-electron chi connectivity index (χ4n) is 5.01. The lowest BCUT2D eigenvalue weighted by molar-refractivity contribution is -0.130. The number of aryl methyl sites for hydroxylation is 2. The molecular formula is C24H29NO4. The summed E-state index contributed by atoms with van der Waals surface area (Å²) < 4.78 is 18.2. The number of nitrogens with zero attached hydrogens (tertiary/aromatic N) is 1. The Hall–Kier alpha value is -2.14. The zero-order valence-corrected chi connectivity index (χ0v) is 17.3. The monoisotopic (exact) mass is 395 g/mol. The van der Waals surface area contributed by atoms with Crippen molar-refractivity contribution in [1.29, 1.82) is 0 Å². The number of benzene rings is 1. The van der Waals surface area contributed by atoms with Crippen LogP contribution in [0.25, 0.3) is 0 Å². The normalized spacial score (nSPS) is 26.1. The van der Waals surface area contributed by atoms with E-state index in [-0.39, 0.29) is 17.9 Å². The van der Waals surface area contributed by atoms with E-state index in [4.69, 9.17) is 14.0 Å². The van der Waals surface area contributed by atoms with Crippen LogP contribution in [-0.4, -0.2) is 17.0 Å².